The Morgan fingerprint density at radius 3 is 2.48 bits per heavy atom. The molecule has 5 heteroatoms. The Morgan fingerprint density at radius 2 is 1.90 bits per heavy atom. The first-order valence-corrected chi connectivity index (χ1v) is 7.75. The van der Waals surface area contributed by atoms with Crippen LogP contribution in [-0.2, 0) is 6.54 Å². The fourth-order valence-corrected chi connectivity index (χ4v) is 2.80. The predicted molar refractivity (Wildman–Crippen MR) is 85.5 cm³/mol. The van der Waals surface area contributed by atoms with Crippen LogP contribution < -0.4 is 5.32 Å². The van der Waals surface area contributed by atoms with Gasteiger partial charge in [0.2, 0.25) is 0 Å². The van der Waals surface area contributed by atoms with E-state index in [-0.39, 0.29) is 0 Å². The van der Waals surface area contributed by atoms with Crippen molar-refractivity contribution < 1.29 is 0 Å². The van der Waals surface area contributed by atoms with E-state index in [2.05, 4.69) is 62.7 Å². The molecule has 116 valence electrons. The summed E-state index contributed by atoms with van der Waals surface area (Å²) in [5.41, 5.74) is 4.68. The molecule has 0 saturated carbocycles. The van der Waals surface area contributed by atoms with Gasteiger partial charge in [0.1, 0.15) is 0 Å². The molecule has 0 spiro atoms. The number of hydrogen-bond donors (Lipinski definition) is 1. The maximum Gasteiger partial charge on any atom is 0.0853 e. The van der Waals surface area contributed by atoms with Crippen LogP contribution in [-0.4, -0.2) is 26.1 Å². The summed E-state index contributed by atoms with van der Waals surface area (Å²) in [6.07, 6.45) is 2.04. The van der Waals surface area contributed by atoms with Gasteiger partial charge in [0.15, 0.2) is 0 Å². The van der Waals surface area contributed by atoms with Crippen LogP contribution in [0.5, 0.6) is 0 Å². The van der Waals surface area contributed by atoms with E-state index < -0.39 is 0 Å². The molecule has 0 fully saturated rings. The van der Waals surface area contributed by atoms with Crippen molar-refractivity contribution in [1.29, 1.82) is 0 Å². The lowest BCUT2D eigenvalue weighted by molar-refractivity contribution is 0.519. The van der Waals surface area contributed by atoms with E-state index in [0.717, 1.165) is 24.5 Å². The highest BCUT2D eigenvalue weighted by Crippen LogP contribution is 2.21. The Bertz CT molecular complexity index is 594. The summed E-state index contributed by atoms with van der Waals surface area (Å²) < 4.78 is 4.05. The standard InChI is InChI=1S/C16H27N5/c1-7-17-12(4)16-13(5)18-21(14(16)6)10-15-8-9-20(19-15)11(2)3/h8-9,11-12,17H,7,10H2,1-6H3. The molecule has 0 aliphatic rings. The van der Waals surface area contributed by atoms with Crippen molar-refractivity contribution in [2.45, 2.75) is 60.2 Å². The molecule has 2 heterocycles. The SMILES string of the molecule is CCNC(C)c1c(C)nn(Cc2ccn(C(C)C)n2)c1C. The van der Waals surface area contributed by atoms with Crippen LogP contribution in [0, 0.1) is 13.8 Å². The van der Waals surface area contributed by atoms with Crippen molar-refractivity contribution >= 4 is 0 Å². The summed E-state index contributed by atoms with van der Waals surface area (Å²) in [6.45, 7) is 14.5. The van der Waals surface area contributed by atoms with Crippen LogP contribution in [0.25, 0.3) is 0 Å². The summed E-state index contributed by atoms with van der Waals surface area (Å²) in [7, 11) is 0. The maximum absolute atomic E-state index is 4.69. The van der Waals surface area contributed by atoms with Gasteiger partial charge in [0, 0.05) is 29.5 Å². The Balaban J connectivity index is 2.22. The normalized spacial score (nSPS) is 13.1. The number of aryl methyl sites for hydroxylation is 1. The van der Waals surface area contributed by atoms with Crippen LogP contribution in [0.1, 0.15) is 62.4 Å². The summed E-state index contributed by atoms with van der Waals surface area (Å²) in [4.78, 5) is 0. The van der Waals surface area contributed by atoms with Gasteiger partial charge in [-0.3, -0.25) is 9.36 Å². The second-order valence-corrected chi connectivity index (χ2v) is 5.90. The van der Waals surface area contributed by atoms with E-state index in [0.29, 0.717) is 12.1 Å². The number of nitrogens with one attached hydrogen (secondary N) is 1. The third-order valence-electron chi connectivity index (χ3n) is 3.89. The highest BCUT2D eigenvalue weighted by Gasteiger charge is 2.17. The van der Waals surface area contributed by atoms with Gasteiger partial charge in [-0.25, -0.2) is 0 Å². The van der Waals surface area contributed by atoms with Gasteiger partial charge in [-0.2, -0.15) is 10.2 Å². The monoisotopic (exact) mass is 289 g/mol. The molecule has 0 bridgehead atoms. The first kappa shape index (κ1) is 15.8. The molecule has 2 aromatic rings. The zero-order valence-electron chi connectivity index (χ0n) is 14.0. The molecular weight excluding hydrogens is 262 g/mol. The number of rotatable bonds is 6. The maximum atomic E-state index is 4.69. The molecule has 1 atom stereocenters. The third kappa shape index (κ3) is 3.35. The lowest BCUT2D eigenvalue weighted by Gasteiger charge is -2.13. The van der Waals surface area contributed by atoms with Gasteiger partial charge in [0.25, 0.3) is 0 Å². The molecule has 1 unspecified atom stereocenters. The second-order valence-electron chi connectivity index (χ2n) is 5.90. The molecular formula is C16H27N5. The zero-order chi connectivity index (χ0) is 15.6. The fourth-order valence-electron chi connectivity index (χ4n) is 2.80. The van der Waals surface area contributed by atoms with Crippen molar-refractivity contribution in [3.63, 3.8) is 0 Å². The molecule has 2 rings (SSSR count). The average Bonchev–Trinajstić information content (AvgIpc) is 2.96. The minimum atomic E-state index is 0.331. The van der Waals surface area contributed by atoms with Gasteiger partial charge in [-0.15, -0.1) is 0 Å². The Morgan fingerprint density at radius 1 is 1.19 bits per heavy atom. The summed E-state index contributed by atoms with van der Waals surface area (Å²) in [5, 5.41) is 12.8. The van der Waals surface area contributed by atoms with E-state index >= 15 is 0 Å². The highest BCUT2D eigenvalue weighted by atomic mass is 15.3. The van der Waals surface area contributed by atoms with Gasteiger partial charge < -0.3 is 5.32 Å². The molecule has 1 N–H and O–H groups in total. The van der Waals surface area contributed by atoms with Crippen molar-refractivity contribution in [2.75, 3.05) is 6.54 Å². The van der Waals surface area contributed by atoms with Gasteiger partial charge >= 0.3 is 0 Å². The van der Waals surface area contributed by atoms with Crippen LogP contribution >= 0.6 is 0 Å². The summed E-state index contributed by atoms with van der Waals surface area (Å²) in [6, 6.07) is 2.80. The molecule has 0 radical (unpaired) electrons. The Kier molecular flexibility index (Phi) is 4.83. The summed E-state index contributed by atoms with van der Waals surface area (Å²) in [5.74, 6) is 0. The molecule has 21 heavy (non-hydrogen) atoms. The number of nitrogens with zero attached hydrogens (tertiary/aromatic N) is 4. The summed E-state index contributed by atoms with van der Waals surface area (Å²) >= 11 is 0. The van der Waals surface area contributed by atoms with E-state index in [9.17, 15) is 0 Å². The fraction of sp³-hybridized carbons (Fsp3) is 0.625. The predicted octanol–water partition coefficient (Wildman–Crippen LogP) is 3.00. The quantitative estimate of drug-likeness (QED) is 0.889. The highest BCUT2D eigenvalue weighted by molar-refractivity contribution is 5.28. The topological polar surface area (TPSA) is 47.7 Å². The van der Waals surface area contributed by atoms with E-state index in [4.69, 9.17) is 5.10 Å². The van der Waals surface area contributed by atoms with Crippen LogP contribution in [0.3, 0.4) is 0 Å². The molecule has 0 aliphatic heterocycles. The smallest absolute Gasteiger partial charge is 0.0853 e. The van der Waals surface area contributed by atoms with Crippen molar-refractivity contribution in [1.82, 2.24) is 24.9 Å². The number of hydrogen-bond acceptors (Lipinski definition) is 3. The molecule has 0 aliphatic carbocycles. The largest absolute Gasteiger partial charge is 0.310 e. The molecule has 5 nitrogen and oxygen atoms in total. The molecule has 0 saturated heterocycles. The lowest BCUT2D eigenvalue weighted by atomic mass is 10.1. The second kappa shape index (κ2) is 6.43. The van der Waals surface area contributed by atoms with Gasteiger partial charge in [-0.05, 0) is 47.2 Å². The minimum absolute atomic E-state index is 0.331. The molecule has 0 aromatic carbocycles. The zero-order valence-corrected chi connectivity index (χ0v) is 14.0. The third-order valence-corrected chi connectivity index (χ3v) is 3.89. The first-order chi connectivity index (χ1) is 9.93. The van der Waals surface area contributed by atoms with Crippen molar-refractivity contribution in [3.05, 3.63) is 34.9 Å². The molecule has 2 aromatic heterocycles. The van der Waals surface area contributed by atoms with Crippen LogP contribution in [0.4, 0.5) is 0 Å². The minimum Gasteiger partial charge on any atom is -0.310 e. The van der Waals surface area contributed by atoms with Crippen LogP contribution in [0.15, 0.2) is 12.3 Å². The van der Waals surface area contributed by atoms with E-state index in [1.807, 2.05) is 10.9 Å². The van der Waals surface area contributed by atoms with Crippen molar-refractivity contribution in [2.24, 2.45) is 0 Å². The number of aromatic nitrogens is 4. The average molecular weight is 289 g/mol. The lowest BCUT2D eigenvalue weighted by Crippen LogP contribution is -2.19. The first-order valence-electron chi connectivity index (χ1n) is 7.75. The van der Waals surface area contributed by atoms with Gasteiger partial charge in [0.05, 0.1) is 17.9 Å². The Labute approximate surface area is 127 Å². The molecule has 0 amide bonds. The van der Waals surface area contributed by atoms with Gasteiger partial charge in [-0.1, -0.05) is 6.92 Å². The van der Waals surface area contributed by atoms with Crippen LogP contribution in [0.2, 0.25) is 0 Å². The van der Waals surface area contributed by atoms with Crippen molar-refractivity contribution in [3.8, 4) is 0 Å². The Hall–Kier alpha value is -1.62. The van der Waals surface area contributed by atoms with E-state index in [1.165, 1.54) is 11.3 Å². The van der Waals surface area contributed by atoms with E-state index in [1.54, 1.807) is 0 Å².